The summed E-state index contributed by atoms with van der Waals surface area (Å²) in [5.41, 5.74) is 0.792. The van der Waals surface area contributed by atoms with Crippen molar-refractivity contribution in [2.45, 2.75) is 0 Å². The average molecular weight is 160 g/mol. The van der Waals surface area contributed by atoms with Gasteiger partial charge in [0.25, 0.3) is 0 Å². The zero-order valence-corrected chi connectivity index (χ0v) is 6.37. The Morgan fingerprint density at radius 1 is 1.25 bits per heavy atom. The molecule has 0 N–H and O–H groups in total. The van der Waals surface area contributed by atoms with E-state index in [2.05, 4.69) is 6.20 Å². The van der Waals surface area contributed by atoms with Gasteiger partial charge in [0.05, 0.1) is 6.20 Å². The molecule has 0 unspecified atom stereocenters. The van der Waals surface area contributed by atoms with E-state index >= 15 is 0 Å². The quantitative estimate of drug-likeness (QED) is 0.603. The average Bonchev–Trinajstić information content (AvgIpc) is 2.56. The summed E-state index contributed by atoms with van der Waals surface area (Å²) in [6, 6.07) is 10.0. The van der Waals surface area contributed by atoms with E-state index in [4.69, 9.17) is 0 Å². The molecule has 2 heteroatoms. The van der Waals surface area contributed by atoms with Crippen molar-refractivity contribution in [3.05, 3.63) is 54.6 Å². The molecule has 0 spiro atoms. The minimum Gasteiger partial charge on any atom is -0.315 e. The van der Waals surface area contributed by atoms with Gasteiger partial charge in [-0.15, -0.1) is 0 Å². The van der Waals surface area contributed by atoms with Crippen LogP contribution in [0.3, 0.4) is 0 Å². The third-order valence-corrected chi connectivity index (χ3v) is 1.63. The summed E-state index contributed by atoms with van der Waals surface area (Å²) in [6.07, 6.45) is 4.76. The molecule has 0 saturated heterocycles. The minimum atomic E-state index is -0.227. The number of hydrogen-bond donors (Lipinski definition) is 0. The molecule has 0 aliphatic rings. The number of nitrogens with zero attached hydrogens (tertiary/aromatic N) is 1. The van der Waals surface area contributed by atoms with Crippen molar-refractivity contribution in [2.24, 2.45) is 0 Å². The molecule has 1 heterocycles. The van der Waals surface area contributed by atoms with E-state index in [0.29, 0.717) is 0 Å². The van der Waals surface area contributed by atoms with E-state index in [0.717, 1.165) is 5.69 Å². The van der Waals surface area contributed by atoms with Gasteiger partial charge in [-0.1, -0.05) is 6.07 Å². The Kier molecular flexibility index (Phi) is 1.67. The van der Waals surface area contributed by atoms with Crippen LogP contribution in [-0.4, -0.2) is 4.57 Å². The molecule has 12 heavy (non-hydrogen) atoms. The Hall–Kier alpha value is -1.57. The van der Waals surface area contributed by atoms with Crippen LogP contribution < -0.4 is 0 Å². The van der Waals surface area contributed by atoms with Crippen LogP contribution in [0, 0.1) is 12.0 Å². The van der Waals surface area contributed by atoms with E-state index < -0.39 is 0 Å². The first-order valence-corrected chi connectivity index (χ1v) is 3.67. The standard InChI is InChI=1S/C10H7FN/c11-9-4-3-5-10(8-9)12-6-1-2-7-12/h1-6,8H. The van der Waals surface area contributed by atoms with E-state index in [9.17, 15) is 4.39 Å². The Bertz CT molecular complexity index is 365. The number of benzene rings is 1. The smallest absolute Gasteiger partial charge is 0.125 e. The van der Waals surface area contributed by atoms with Crippen LogP contribution in [0.25, 0.3) is 5.69 Å². The van der Waals surface area contributed by atoms with Crippen molar-refractivity contribution < 1.29 is 4.39 Å². The molecule has 2 aromatic rings. The molecular weight excluding hydrogens is 153 g/mol. The van der Waals surface area contributed by atoms with Crippen LogP contribution in [0.5, 0.6) is 0 Å². The Labute approximate surface area is 70.1 Å². The highest BCUT2D eigenvalue weighted by Gasteiger charge is 1.95. The summed E-state index contributed by atoms with van der Waals surface area (Å²) in [7, 11) is 0. The SMILES string of the molecule is Fc1cccc(-n2[c]ccc2)c1. The molecule has 1 radical (unpaired) electrons. The van der Waals surface area contributed by atoms with E-state index in [1.54, 1.807) is 16.7 Å². The molecule has 0 aliphatic heterocycles. The summed E-state index contributed by atoms with van der Waals surface area (Å²) in [6.45, 7) is 0. The summed E-state index contributed by atoms with van der Waals surface area (Å²) < 4.78 is 14.5. The molecule has 0 aliphatic carbocycles. The summed E-state index contributed by atoms with van der Waals surface area (Å²) >= 11 is 0. The first kappa shape index (κ1) is 7.10. The molecule has 1 aromatic heterocycles. The molecular formula is C10H7FN. The van der Waals surface area contributed by atoms with E-state index in [1.807, 2.05) is 18.3 Å². The minimum absolute atomic E-state index is 0.227. The summed E-state index contributed by atoms with van der Waals surface area (Å²) in [4.78, 5) is 0. The highest BCUT2D eigenvalue weighted by molar-refractivity contribution is 5.32. The zero-order valence-electron chi connectivity index (χ0n) is 6.37. The molecule has 1 aromatic carbocycles. The highest BCUT2D eigenvalue weighted by Crippen LogP contribution is 2.08. The van der Waals surface area contributed by atoms with Gasteiger partial charge >= 0.3 is 0 Å². The molecule has 0 atom stereocenters. The van der Waals surface area contributed by atoms with Crippen molar-refractivity contribution in [3.8, 4) is 5.69 Å². The van der Waals surface area contributed by atoms with E-state index in [-0.39, 0.29) is 5.82 Å². The fourth-order valence-corrected chi connectivity index (χ4v) is 1.08. The van der Waals surface area contributed by atoms with Gasteiger partial charge in [-0.2, -0.15) is 0 Å². The molecule has 59 valence electrons. The fourth-order valence-electron chi connectivity index (χ4n) is 1.08. The number of aromatic nitrogens is 1. The number of halogens is 1. The second-order valence-electron chi connectivity index (χ2n) is 2.49. The Morgan fingerprint density at radius 3 is 2.83 bits per heavy atom. The second kappa shape index (κ2) is 2.81. The molecule has 2 rings (SSSR count). The molecule has 0 bridgehead atoms. The lowest BCUT2D eigenvalue weighted by atomic mass is 10.3. The van der Waals surface area contributed by atoms with Crippen LogP contribution in [0.4, 0.5) is 4.39 Å². The molecule has 0 saturated carbocycles. The molecule has 0 amide bonds. The van der Waals surface area contributed by atoms with Crippen molar-refractivity contribution in [3.63, 3.8) is 0 Å². The third-order valence-electron chi connectivity index (χ3n) is 1.63. The monoisotopic (exact) mass is 160 g/mol. The van der Waals surface area contributed by atoms with Crippen molar-refractivity contribution in [1.82, 2.24) is 4.57 Å². The van der Waals surface area contributed by atoms with Gasteiger partial charge in [0.2, 0.25) is 0 Å². The van der Waals surface area contributed by atoms with Gasteiger partial charge in [0.1, 0.15) is 5.82 Å². The van der Waals surface area contributed by atoms with Gasteiger partial charge in [-0.05, 0) is 30.3 Å². The highest BCUT2D eigenvalue weighted by atomic mass is 19.1. The summed E-state index contributed by atoms with van der Waals surface area (Å²) in [5, 5.41) is 0. The van der Waals surface area contributed by atoms with Crippen molar-refractivity contribution in [1.29, 1.82) is 0 Å². The van der Waals surface area contributed by atoms with Crippen LogP contribution in [-0.2, 0) is 0 Å². The van der Waals surface area contributed by atoms with Crippen LogP contribution in [0.2, 0.25) is 0 Å². The topological polar surface area (TPSA) is 4.93 Å². The first-order valence-electron chi connectivity index (χ1n) is 3.67. The van der Waals surface area contributed by atoms with Gasteiger partial charge in [0.15, 0.2) is 0 Å². The normalized spacial score (nSPS) is 10.1. The maximum atomic E-state index is 12.7. The molecule has 0 fully saturated rings. The van der Waals surface area contributed by atoms with Crippen LogP contribution in [0.1, 0.15) is 0 Å². The maximum Gasteiger partial charge on any atom is 0.125 e. The lowest BCUT2D eigenvalue weighted by Crippen LogP contribution is -1.89. The third kappa shape index (κ3) is 1.23. The number of hydrogen-bond acceptors (Lipinski definition) is 0. The first-order chi connectivity index (χ1) is 5.86. The lowest BCUT2D eigenvalue weighted by Gasteiger charge is -2.00. The fraction of sp³-hybridized carbons (Fsp3) is 0. The summed E-state index contributed by atoms with van der Waals surface area (Å²) in [5.74, 6) is -0.227. The van der Waals surface area contributed by atoms with Crippen molar-refractivity contribution >= 4 is 0 Å². The maximum absolute atomic E-state index is 12.7. The van der Waals surface area contributed by atoms with Crippen LogP contribution >= 0.6 is 0 Å². The Balaban J connectivity index is 2.48. The van der Waals surface area contributed by atoms with Gasteiger partial charge < -0.3 is 4.57 Å². The van der Waals surface area contributed by atoms with Crippen molar-refractivity contribution in [2.75, 3.05) is 0 Å². The van der Waals surface area contributed by atoms with Gasteiger partial charge in [0, 0.05) is 11.9 Å². The molecule has 1 nitrogen and oxygen atoms in total. The van der Waals surface area contributed by atoms with Crippen LogP contribution in [0.15, 0.2) is 42.6 Å². The van der Waals surface area contributed by atoms with Gasteiger partial charge in [-0.3, -0.25) is 0 Å². The predicted octanol–water partition coefficient (Wildman–Crippen LogP) is 2.42. The van der Waals surface area contributed by atoms with E-state index in [1.165, 1.54) is 12.1 Å². The zero-order chi connectivity index (χ0) is 8.39. The largest absolute Gasteiger partial charge is 0.315 e. The second-order valence-corrected chi connectivity index (χ2v) is 2.49. The predicted molar refractivity (Wildman–Crippen MR) is 44.6 cm³/mol. The number of rotatable bonds is 1. The van der Waals surface area contributed by atoms with Gasteiger partial charge in [-0.25, -0.2) is 4.39 Å². The lowest BCUT2D eigenvalue weighted by molar-refractivity contribution is 0.626. The Morgan fingerprint density at radius 2 is 2.17 bits per heavy atom.